The van der Waals surface area contributed by atoms with Gasteiger partial charge in [0, 0.05) is 0 Å². The first-order chi connectivity index (χ1) is 4.68. The van der Waals surface area contributed by atoms with Crippen LogP contribution in [0.25, 0.3) is 0 Å². The van der Waals surface area contributed by atoms with E-state index in [1.54, 1.807) is 0 Å². The van der Waals surface area contributed by atoms with Gasteiger partial charge in [0.1, 0.15) is 0 Å². The van der Waals surface area contributed by atoms with Crippen molar-refractivity contribution in [2.45, 2.75) is 40.0 Å². The van der Waals surface area contributed by atoms with Gasteiger partial charge in [-0.3, -0.25) is 0 Å². The average Bonchev–Trinajstić information content (AvgIpc) is 1.88. The van der Waals surface area contributed by atoms with Gasteiger partial charge in [-0.25, -0.2) is 0 Å². The van der Waals surface area contributed by atoms with Crippen LogP contribution in [0.15, 0.2) is 17.2 Å². The highest BCUT2D eigenvalue weighted by Crippen LogP contribution is 2.07. The molecule has 0 aliphatic heterocycles. The zero-order valence-electron chi connectivity index (χ0n) is 7.20. The predicted molar refractivity (Wildman–Crippen MR) is 45.7 cm³/mol. The van der Waals surface area contributed by atoms with E-state index in [1.807, 2.05) is 13.8 Å². The van der Waals surface area contributed by atoms with E-state index >= 15 is 0 Å². The van der Waals surface area contributed by atoms with Crippen molar-refractivity contribution >= 4 is 0 Å². The van der Waals surface area contributed by atoms with Gasteiger partial charge in [-0.05, 0) is 32.4 Å². The van der Waals surface area contributed by atoms with E-state index in [9.17, 15) is 0 Å². The van der Waals surface area contributed by atoms with Crippen LogP contribution in [0.1, 0.15) is 40.0 Å². The Balaban J connectivity index is 3.58. The predicted octanol–water partition coefficient (Wildman–Crippen LogP) is 3.38. The van der Waals surface area contributed by atoms with Crippen molar-refractivity contribution in [3.8, 4) is 0 Å². The highest BCUT2D eigenvalue weighted by Gasteiger charge is 1.87. The van der Waals surface area contributed by atoms with Crippen molar-refractivity contribution in [2.24, 2.45) is 0 Å². The zero-order chi connectivity index (χ0) is 7.98. The van der Waals surface area contributed by atoms with Crippen molar-refractivity contribution in [2.75, 3.05) is 0 Å². The molecular weight excluding hydrogens is 120 g/mol. The Bertz CT molecular complexity index is 129. The summed E-state index contributed by atoms with van der Waals surface area (Å²) < 4.78 is 0. The highest BCUT2D eigenvalue weighted by molar-refractivity contribution is 5.21. The maximum atomic E-state index is 7.27. The Kier molecular flexibility index (Phi) is 5.00. The lowest BCUT2D eigenvalue weighted by molar-refractivity contribution is 0.811. The molecule has 0 rings (SSSR count). The Morgan fingerprint density at radius 3 is 2.40 bits per heavy atom. The van der Waals surface area contributed by atoms with Crippen molar-refractivity contribution in [1.29, 1.82) is 0 Å². The Morgan fingerprint density at radius 1 is 1.40 bits per heavy atom. The van der Waals surface area contributed by atoms with E-state index in [0.717, 1.165) is 12.0 Å². The summed E-state index contributed by atoms with van der Waals surface area (Å²) in [5.74, 6) is 0. The smallest absolute Gasteiger partial charge is 0.00614 e. The van der Waals surface area contributed by atoms with Crippen LogP contribution in [0.3, 0.4) is 0 Å². The van der Waals surface area contributed by atoms with Gasteiger partial charge in [0.25, 0.3) is 0 Å². The molecular formula is C10H16. The fourth-order valence-electron chi connectivity index (χ4n) is 0.676. The van der Waals surface area contributed by atoms with Crippen LogP contribution in [0.2, 0.25) is 0 Å². The number of hydrogen-bond acceptors (Lipinski definition) is 0. The quantitative estimate of drug-likeness (QED) is 0.410. The summed E-state index contributed by atoms with van der Waals surface area (Å²) in [5.41, 5.74) is 1.81. The van der Waals surface area contributed by atoms with E-state index in [1.165, 1.54) is 12.8 Å². The fourth-order valence-corrected chi connectivity index (χ4v) is 0.676. The van der Waals surface area contributed by atoms with Crippen LogP contribution in [0, 0.1) is 6.58 Å². The molecule has 0 heterocycles. The number of allylic oxidation sites excluding steroid dienone is 3. The molecule has 56 valence electrons. The highest BCUT2D eigenvalue weighted by atomic mass is 13.9. The molecule has 0 unspecified atom stereocenters. The Labute approximate surface area is 64.6 Å². The maximum Gasteiger partial charge on any atom is -0.00614 e. The molecule has 0 aromatic rings. The largest absolute Gasteiger partial charge is 0.0813 e. The standard InChI is InChI=1S/C10H16/c1-5-6-7-8-10(4)9(2)3/h8H,5-7H2,1-2,4H3/b10-8+. The van der Waals surface area contributed by atoms with Crippen LogP contribution >= 0.6 is 0 Å². The van der Waals surface area contributed by atoms with Gasteiger partial charge in [-0.1, -0.05) is 31.4 Å². The fraction of sp³-hybridized carbons (Fsp3) is 0.600. The summed E-state index contributed by atoms with van der Waals surface area (Å²) in [6, 6.07) is 0. The summed E-state index contributed by atoms with van der Waals surface area (Å²) in [5, 5.41) is 0. The molecule has 2 radical (unpaired) electrons. The van der Waals surface area contributed by atoms with Crippen molar-refractivity contribution in [1.82, 2.24) is 0 Å². The summed E-state index contributed by atoms with van der Waals surface area (Å²) in [6.45, 7) is 13.3. The second-order valence-electron chi connectivity index (χ2n) is 2.65. The van der Waals surface area contributed by atoms with Crippen LogP contribution in [-0.4, -0.2) is 0 Å². The molecule has 0 heteroatoms. The summed E-state index contributed by atoms with van der Waals surface area (Å²) in [6.07, 6.45) is 5.75. The van der Waals surface area contributed by atoms with E-state index in [0.29, 0.717) is 5.57 Å². The second-order valence-corrected chi connectivity index (χ2v) is 2.65. The van der Waals surface area contributed by atoms with Crippen molar-refractivity contribution in [3.05, 3.63) is 23.8 Å². The average molecular weight is 136 g/mol. The summed E-state index contributed by atoms with van der Waals surface area (Å²) >= 11 is 0. The Hall–Kier alpha value is -0.520. The van der Waals surface area contributed by atoms with Gasteiger partial charge in [0.15, 0.2) is 0 Å². The number of unbranched alkanes of at least 4 members (excludes halogenated alkanes) is 2. The summed E-state index contributed by atoms with van der Waals surface area (Å²) in [7, 11) is 0. The molecule has 0 aromatic heterocycles. The molecule has 0 aromatic carbocycles. The first-order valence-electron chi connectivity index (χ1n) is 3.90. The molecule has 0 N–H and O–H groups in total. The van der Waals surface area contributed by atoms with Gasteiger partial charge in [0.2, 0.25) is 0 Å². The molecule has 10 heavy (non-hydrogen) atoms. The SMILES string of the molecule is [C]=C(C)/C(C)=C/CCCC. The van der Waals surface area contributed by atoms with Gasteiger partial charge in [0.05, 0.1) is 0 Å². The molecule has 0 fully saturated rings. The molecule has 0 atom stereocenters. The third kappa shape index (κ3) is 4.37. The van der Waals surface area contributed by atoms with Crippen LogP contribution in [0.4, 0.5) is 0 Å². The van der Waals surface area contributed by atoms with Crippen molar-refractivity contribution in [3.63, 3.8) is 0 Å². The molecule has 0 amide bonds. The molecule has 0 aliphatic carbocycles. The minimum atomic E-state index is 0.691. The molecule has 0 saturated carbocycles. The van der Waals surface area contributed by atoms with Gasteiger partial charge < -0.3 is 0 Å². The molecule has 0 nitrogen and oxygen atoms in total. The van der Waals surface area contributed by atoms with Crippen LogP contribution in [0.5, 0.6) is 0 Å². The van der Waals surface area contributed by atoms with E-state index in [4.69, 9.17) is 6.58 Å². The molecule has 0 aliphatic rings. The second kappa shape index (κ2) is 5.28. The Morgan fingerprint density at radius 2 is 2.00 bits per heavy atom. The molecule has 0 saturated heterocycles. The molecule has 0 spiro atoms. The lowest BCUT2D eigenvalue weighted by Crippen LogP contribution is -1.76. The first-order valence-corrected chi connectivity index (χ1v) is 3.90. The third-order valence-corrected chi connectivity index (χ3v) is 1.60. The lowest BCUT2D eigenvalue weighted by atomic mass is 10.1. The number of rotatable bonds is 4. The maximum absolute atomic E-state index is 7.27. The monoisotopic (exact) mass is 136 g/mol. The zero-order valence-corrected chi connectivity index (χ0v) is 7.20. The van der Waals surface area contributed by atoms with E-state index in [2.05, 4.69) is 13.0 Å². The summed E-state index contributed by atoms with van der Waals surface area (Å²) in [4.78, 5) is 0. The van der Waals surface area contributed by atoms with Crippen LogP contribution in [-0.2, 0) is 0 Å². The molecule has 0 bridgehead atoms. The lowest BCUT2D eigenvalue weighted by Gasteiger charge is -1.96. The minimum absolute atomic E-state index is 0.691. The third-order valence-electron chi connectivity index (χ3n) is 1.60. The topological polar surface area (TPSA) is 0 Å². The van der Waals surface area contributed by atoms with E-state index in [-0.39, 0.29) is 0 Å². The minimum Gasteiger partial charge on any atom is -0.0813 e. The first kappa shape index (κ1) is 9.48. The van der Waals surface area contributed by atoms with Gasteiger partial charge in [-0.2, -0.15) is 0 Å². The van der Waals surface area contributed by atoms with E-state index < -0.39 is 0 Å². The van der Waals surface area contributed by atoms with Gasteiger partial charge >= 0.3 is 0 Å². The van der Waals surface area contributed by atoms with Crippen molar-refractivity contribution < 1.29 is 0 Å². The van der Waals surface area contributed by atoms with Gasteiger partial charge in [-0.15, -0.1) is 0 Å². The normalized spacial score (nSPS) is 11.7. The van der Waals surface area contributed by atoms with Crippen LogP contribution < -0.4 is 0 Å². The number of hydrogen-bond donors (Lipinski definition) is 0.